The standard InChI is InChI=1S/C10H19N/c1-4-6-7-8-9-10(3,11)5-2/h5-7H,2,4,8-9,11H2,1,3H3/b7-6+. The molecule has 0 heterocycles. The minimum Gasteiger partial charge on any atom is -0.322 e. The summed E-state index contributed by atoms with van der Waals surface area (Å²) in [6, 6.07) is 0. The van der Waals surface area contributed by atoms with Crippen molar-refractivity contribution in [3.8, 4) is 0 Å². The summed E-state index contributed by atoms with van der Waals surface area (Å²) in [5, 5.41) is 0. The van der Waals surface area contributed by atoms with Crippen molar-refractivity contribution in [1.29, 1.82) is 0 Å². The molecule has 11 heavy (non-hydrogen) atoms. The Bertz CT molecular complexity index is 134. The Balaban J connectivity index is 3.53. The zero-order valence-corrected chi connectivity index (χ0v) is 7.64. The molecule has 0 rings (SSSR count). The molecule has 0 aromatic carbocycles. The number of hydrogen-bond donors (Lipinski definition) is 1. The van der Waals surface area contributed by atoms with E-state index >= 15 is 0 Å². The zero-order chi connectivity index (χ0) is 8.74. The van der Waals surface area contributed by atoms with E-state index in [0.29, 0.717) is 0 Å². The van der Waals surface area contributed by atoms with E-state index in [1.54, 1.807) is 0 Å². The zero-order valence-electron chi connectivity index (χ0n) is 7.64. The summed E-state index contributed by atoms with van der Waals surface area (Å²) in [6.07, 6.45) is 9.29. The molecule has 0 aliphatic carbocycles. The molecule has 0 aromatic heterocycles. The van der Waals surface area contributed by atoms with E-state index in [4.69, 9.17) is 5.73 Å². The molecule has 1 unspecified atom stereocenters. The van der Waals surface area contributed by atoms with Gasteiger partial charge >= 0.3 is 0 Å². The van der Waals surface area contributed by atoms with Gasteiger partial charge in [0.15, 0.2) is 0 Å². The molecule has 0 spiro atoms. The second kappa shape index (κ2) is 5.14. The molecule has 1 atom stereocenters. The van der Waals surface area contributed by atoms with Gasteiger partial charge in [0.25, 0.3) is 0 Å². The van der Waals surface area contributed by atoms with E-state index in [-0.39, 0.29) is 5.54 Å². The second-order valence-corrected chi connectivity index (χ2v) is 3.13. The average Bonchev–Trinajstić information content (AvgIpc) is 1.99. The van der Waals surface area contributed by atoms with E-state index in [1.165, 1.54) is 0 Å². The van der Waals surface area contributed by atoms with Crippen LogP contribution < -0.4 is 5.73 Å². The van der Waals surface area contributed by atoms with Crippen LogP contribution in [0.3, 0.4) is 0 Å². The van der Waals surface area contributed by atoms with Crippen LogP contribution in [0.4, 0.5) is 0 Å². The summed E-state index contributed by atoms with van der Waals surface area (Å²) in [5.41, 5.74) is 5.65. The van der Waals surface area contributed by atoms with Gasteiger partial charge in [-0.3, -0.25) is 0 Å². The number of rotatable bonds is 5. The Morgan fingerprint density at radius 1 is 1.45 bits per heavy atom. The highest BCUT2D eigenvalue weighted by molar-refractivity contribution is 4.98. The van der Waals surface area contributed by atoms with E-state index in [0.717, 1.165) is 19.3 Å². The topological polar surface area (TPSA) is 26.0 Å². The van der Waals surface area contributed by atoms with Crippen LogP contribution in [0.25, 0.3) is 0 Å². The highest BCUT2D eigenvalue weighted by Gasteiger charge is 2.10. The van der Waals surface area contributed by atoms with Crippen molar-refractivity contribution in [2.75, 3.05) is 0 Å². The first-order valence-corrected chi connectivity index (χ1v) is 4.20. The first-order valence-electron chi connectivity index (χ1n) is 4.20. The molecular weight excluding hydrogens is 134 g/mol. The van der Waals surface area contributed by atoms with Crippen LogP contribution in [0.2, 0.25) is 0 Å². The third-order valence-electron chi connectivity index (χ3n) is 1.72. The van der Waals surface area contributed by atoms with Gasteiger partial charge in [0.1, 0.15) is 0 Å². The van der Waals surface area contributed by atoms with Crippen molar-refractivity contribution in [2.45, 2.75) is 38.6 Å². The van der Waals surface area contributed by atoms with Gasteiger partial charge in [-0.1, -0.05) is 25.2 Å². The summed E-state index contributed by atoms with van der Waals surface area (Å²) >= 11 is 0. The maximum Gasteiger partial charge on any atom is 0.0310 e. The van der Waals surface area contributed by atoms with Crippen LogP contribution in [-0.4, -0.2) is 5.54 Å². The largest absolute Gasteiger partial charge is 0.322 e. The van der Waals surface area contributed by atoms with E-state index in [2.05, 4.69) is 25.7 Å². The first kappa shape index (κ1) is 10.4. The maximum atomic E-state index is 5.85. The molecular formula is C10H19N. The Hall–Kier alpha value is -0.560. The van der Waals surface area contributed by atoms with Crippen LogP contribution in [0.15, 0.2) is 24.8 Å². The van der Waals surface area contributed by atoms with Crippen LogP contribution >= 0.6 is 0 Å². The summed E-state index contributed by atoms with van der Waals surface area (Å²) in [7, 11) is 0. The lowest BCUT2D eigenvalue weighted by Crippen LogP contribution is -2.32. The maximum absolute atomic E-state index is 5.85. The third-order valence-corrected chi connectivity index (χ3v) is 1.72. The van der Waals surface area contributed by atoms with Crippen molar-refractivity contribution < 1.29 is 0 Å². The fourth-order valence-electron chi connectivity index (χ4n) is 0.781. The lowest BCUT2D eigenvalue weighted by Gasteiger charge is -2.17. The number of allylic oxidation sites excluding steroid dienone is 2. The fourth-order valence-corrected chi connectivity index (χ4v) is 0.781. The van der Waals surface area contributed by atoms with Gasteiger partial charge in [0, 0.05) is 5.54 Å². The molecule has 0 saturated heterocycles. The van der Waals surface area contributed by atoms with Crippen LogP contribution in [0.1, 0.15) is 33.1 Å². The molecule has 0 saturated carbocycles. The third kappa shape index (κ3) is 5.86. The Morgan fingerprint density at radius 2 is 2.09 bits per heavy atom. The first-order chi connectivity index (χ1) is 5.12. The molecule has 64 valence electrons. The summed E-state index contributed by atoms with van der Waals surface area (Å²) in [5.74, 6) is 0. The van der Waals surface area contributed by atoms with Crippen molar-refractivity contribution in [3.63, 3.8) is 0 Å². The van der Waals surface area contributed by atoms with Gasteiger partial charge < -0.3 is 5.73 Å². The smallest absolute Gasteiger partial charge is 0.0310 e. The van der Waals surface area contributed by atoms with Crippen LogP contribution in [-0.2, 0) is 0 Å². The van der Waals surface area contributed by atoms with E-state index in [1.807, 2.05) is 13.0 Å². The Labute approximate surface area is 70.0 Å². The van der Waals surface area contributed by atoms with Gasteiger partial charge in [-0.15, -0.1) is 6.58 Å². The normalized spacial score (nSPS) is 16.6. The quantitative estimate of drug-likeness (QED) is 0.604. The molecule has 0 aliphatic heterocycles. The highest BCUT2D eigenvalue weighted by atomic mass is 14.7. The molecule has 1 heteroatoms. The summed E-state index contributed by atoms with van der Waals surface area (Å²) in [6.45, 7) is 7.81. The molecule has 0 aliphatic rings. The molecule has 1 nitrogen and oxygen atoms in total. The van der Waals surface area contributed by atoms with Crippen molar-refractivity contribution in [1.82, 2.24) is 0 Å². The lowest BCUT2D eigenvalue weighted by molar-refractivity contribution is 0.540. The average molecular weight is 153 g/mol. The van der Waals surface area contributed by atoms with Crippen molar-refractivity contribution >= 4 is 0 Å². The van der Waals surface area contributed by atoms with Gasteiger partial charge in [-0.2, -0.15) is 0 Å². The van der Waals surface area contributed by atoms with Gasteiger partial charge in [-0.05, 0) is 26.2 Å². The monoisotopic (exact) mass is 153 g/mol. The molecule has 0 aromatic rings. The van der Waals surface area contributed by atoms with E-state index < -0.39 is 0 Å². The molecule has 0 fully saturated rings. The SMILES string of the molecule is C=CC(C)(N)CC/C=C/CC. The van der Waals surface area contributed by atoms with Crippen LogP contribution in [0.5, 0.6) is 0 Å². The van der Waals surface area contributed by atoms with Gasteiger partial charge in [-0.25, -0.2) is 0 Å². The van der Waals surface area contributed by atoms with Gasteiger partial charge in [0.05, 0.1) is 0 Å². The second-order valence-electron chi connectivity index (χ2n) is 3.13. The van der Waals surface area contributed by atoms with Crippen molar-refractivity contribution in [2.24, 2.45) is 5.73 Å². The van der Waals surface area contributed by atoms with Crippen molar-refractivity contribution in [3.05, 3.63) is 24.8 Å². The minimum atomic E-state index is -0.196. The molecule has 0 amide bonds. The lowest BCUT2D eigenvalue weighted by atomic mass is 9.97. The molecule has 0 bridgehead atoms. The van der Waals surface area contributed by atoms with E-state index in [9.17, 15) is 0 Å². The van der Waals surface area contributed by atoms with Gasteiger partial charge in [0.2, 0.25) is 0 Å². The highest BCUT2D eigenvalue weighted by Crippen LogP contribution is 2.09. The van der Waals surface area contributed by atoms with Crippen LogP contribution in [0, 0.1) is 0 Å². The summed E-state index contributed by atoms with van der Waals surface area (Å²) < 4.78 is 0. The predicted octanol–water partition coefficient (Wildman–Crippen LogP) is 2.64. The summed E-state index contributed by atoms with van der Waals surface area (Å²) in [4.78, 5) is 0. The predicted molar refractivity (Wildman–Crippen MR) is 51.5 cm³/mol. The fraction of sp³-hybridized carbons (Fsp3) is 0.600. The minimum absolute atomic E-state index is 0.196. The Morgan fingerprint density at radius 3 is 2.55 bits per heavy atom. The number of hydrogen-bond acceptors (Lipinski definition) is 1. The molecule has 2 N–H and O–H groups in total. The Kier molecular flexibility index (Phi) is 4.88. The molecule has 0 radical (unpaired) electrons. The number of nitrogens with two attached hydrogens (primary N) is 1.